The van der Waals surface area contributed by atoms with Crippen molar-refractivity contribution in [1.82, 2.24) is 14.7 Å². The SMILES string of the molecule is C[Si](C)(C)CCOCN1C(=O)CCC(N2Cc3cc(O[C@H]4CCCC[C@@H]4N4CC(c5ccccc5)C4)ccc3C2=O)C1=O. The van der Waals surface area contributed by atoms with Crippen LogP contribution in [0.3, 0.4) is 0 Å². The predicted molar refractivity (Wildman–Crippen MR) is 168 cm³/mol. The Labute approximate surface area is 256 Å². The highest BCUT2D eigenvalue weighted by atomic mass is 28.3. The van der Waals surface area contributed by atoms with Gasteiger partial charge in [-0.15, -0.1) is 0 Å². The van der Waals surface area contributed by atoms with Crippen LogP contribution in [-0.4, -0.2) is 85.1 Å². The summed E-state index contributed by atoms with van der Waals surface area (Å²) in [7, 11) is -1.28. The van der Waals surface area contributed by atoms with Crippen LogP contribution < -0.4 is 4.74 Å². The first-order chi connectivity index (χ1) is 20.7. The van der Waals surface area contributed by atoms with Gasteiger partial charge in [0.25, 0.3) is 11.8 Å². The number of fused-ring (bicyclic) bond motifs is 1. The van der Waals surface area contributed by atoms with Gasteiger partial charge in [0.1, 0.15) is 24.6 Å². The second kappa shape index (κ2) is 12.5. The predicted octanol–water partition coefficient (Wildman–Crippen LogP) is 5.26. The highest BCUT2D eigenvalue weighted by Gasteiger charge is 2.43. The van der Waals surface area contributed by atoms with Gasteiger partial charge < -0.3 is 14.4 Å². The van der Waals surface area contributed by atoms with Crippen molar-refractivity contribution in [3.8, 4) is 5.75 Å². The molecule has 0 bridgehead atoms. The Hall–Kier alpha value is -3.01. The second-order valence-corrected chi connectivity index (χ2v) is 19.5. The molecule has 2 aromatic rings. The topological polar surface area (TPSA) is 79.4 Å². The molecule has 4 aliphatic rings. The quantitative estimate of drug-likeness (QED) is 0.209. The lowest BCUT2D eigenvalue weighted by atomic mass is 9.84. The van der Waals surface area contributed by atoms with Crippen LogP contribution in [0.15, 0.2) is 48.5 Å². The first-order valence-electron chi connectivity index (χ1n) is 16.0. The van der Waals surface area contributed by atoms with Gasteiger partial charge in [-0.2, -0.15) is 0 Å². The Bertz CT molecular complexity index is 1340. The second-order valence-electron chi connectivity index (χ2n) is 13.9. The lowest BCUT2D eigenvalue weighted by Gasteiger charge is -2.48. The Morgan fingerprint density at radius 3 is 2.47 bits per heavy atom. The molecule has 0 aromatic heterocycles. The van der Waals surface area contributed by atoms with E-state index in [9.17, 15) is 14.4 Å². The molecule has 0 N–H and O–H groups in total. The fraction of sp³-hybridized carbons (Fsp3) is 0.559. The van der Waals surface area contributed by atoms with Gasteiger partial charge in [0.15, 0.2) is 0 Å². The van der Waals surface area contributed by atoms with E-state index in [0.717, 1.165) is 49.7 Å². The summed E-state index contributed by atoms with van der Waals surface area (Å²) in [6.07, 6.45) is 5.25. The molecule has 3 amide bonds. The first-order valence-corrected chi connectivity index (χ1v) is 19.7. The van der Waals surface area contributed by atoms with Crippen molar-refractivity contribution < 1.29 is 23.9 Å². The summed E-state index contributed by atoms with van der Waals surface area (Å²) in [4.78, 5) is 44.8. The Kier molecular flexibility index (Phi) is 8.76. The molecule has 3 aliphatic heterocycles. The Morgan fingerprint density at radius 2 is 1.70 bits per heavy atom. The highest BCUT2D eigenvalue weighted by Crippen LogP contribution is 2.37. The zero-order valence-corrected chi connectivity index (χ0v) is 26.8. The number of nitrogens with zero attached hydrogens (tertiary/aromatic N) is 3. The number of piperidine rings is 1. The van der Waals surface area contributed by atoms with Gasteiger partial charge in [-0.05, 0) is 61.1 Å². The normalized spacial score (nSPS) is 25.2. The molecule has 3 atom stereocenters. The molecule has 0 radical (unpaired) electrons. The third-order valence-corrected chi connectivity index (χ3v) is 11.3. The minimum absolute atomic E-state index is 0.0444. The van der Waals surface area contributed by atoms with E-state index in [0.29, 0.717) is 37.1 Å². The van der Waals surface area contributed by atoms with Crippen LogP contribution in [-0.2, 0) is 20.9 Å². The van der Waals surface area contributed by atoms with Crippen molar-refractivity contribution in [1.29, 1.82) is 0 Å². The maximum absolute atomic E-state index is 13.4. The fourth-order valence-electron chi connectivity index (χ4n) is 6.95. The van der Waals surface area contributed by atoms with E-state index in [1.165, 1.54) is 16.9 Å². The zero-order valence-electron chi connectivity index (χ0n) is 25.8. The van der Waals surface area contributed by atoms with Gasteiger partial charge in [-0.1, -0.05) is 56.4 Å². The van der Waals surface area contributed by atoms with Crippen LogP contribution in [0.5, 0.6) is 5.75 Å². The van der Waals surface area contributed by atoms with Gasteiger partial charge in [0, 0.05) is 58.3 Å². The summed E-state index contributed by atoms with van der Waals surface area (Å²) in [6.45, 7) is 9.76. The number of rotatable bonds is 10. The molecule has 1 unspecified atom stereocenters. The first kappa shape index (κ1) is 30.0. The van der Waals surface area contributed by atoms with Crippen molar-refractivity contribution in [2.24, 2.45) is 0 Å². The van der Waals surface area contributed by atoms with Crippen LogP contribution in [0.25, 0.3) is 0 Å². The number of carbonyl (C=O) groups is 3. The molecule has 230 valence electrons. The molecule has 1 saturated carbocycles. The molecule has 1 aliphatic carbocycles. The molecule has 43 heavy (non-hydrogen) atoms. The number of amides is 3. The lowest BCUT2D eigenvalue weighted by Crippen LogP contribution is -2.57. The largest absolute Gasteiger partial charge is 0.489 e. The average Bonchev–Trinajstić information content (AvgIpc) is 3.28. The molecular weight excluding hydrogens is 558 g/mol. The molecule has 3 fully saturated rings. The number of imide groups is 1. The third kappa shape index (κ3) is 6.59. The van der Waals surface area contributed by atoms with E-state index in [1.54, 1.807) is 4.90 Å². The van der Waals surface area contributed by atoms with Gasteiger partial charge in [-0.3, -0.25) is 24.2 Å². The van der Waals surface area contributed by atoms with E-state index in [4.69, 9.17) is 9.47 Å². The molecule has 9 heteroatoms. The molecular formula is C34H45N3O5Si. The summed E-state index contributed by atoms with van der Waals surface area (Å²) >= 11 is 0. The monoisotopic (exact) mass is 603 g/mol. The van der Waals surface area contributed by atoms with E-state index < -0.39 is 14.1 Å². The lowest BCUT2D eigenvalue weighted by molar-refractivity contribution is -0.158. The number of carbonyl (C=O) groups excluding carboxylic acids is 3. The Balaban J connectivity index is 1.07. The van der Waals surface area contributed by atoms with Crippen LogP contribution in [0.4, 0.5) is 0 Å². The molecule has 3 heterocycles. The average molecular weight is 604 g/mol. The number of benzene rings is 2. The summed E-state index contributed by atoms with van der Waals surface area (Å²) in [5.41, 5.74) is 2.91. The summed E-state index contributed by atoms with van der Waals surface area (Å²) in [5, 5.41) is 0. The van der Waals surface area contributed by atoms with Crippen molar-refractivity contribution in [3.63, 3.8) is 0 Å². The smallest absolute Gasteiger partial charge is 0.255 e. The fourth-order valence-corrected chi connectivity index (χ4v) is 7.71. The standard InChI is InChI=1S/C34H45N3O5Si/c1-43(2,3)18-17-41-23-37-32(38)16-15-30(34(37)40)36-22-25-19-27(13-14-28(25)33(36)39)42-31-12-8-7-11-29(31)35-20-26(21-35)24-9-5-4-6-10-24/h4-6,9-10,13-14,19,26,29-31H,7-8,11-12,15-18,20-23H2,1-3H3/t29-,30?,31-/m0/s1. The molecule has 8 nitrogen and oxygen atoms in total. The van der Waals surface area contributed by atoms with Gasteiger partial charge in [-0.25, -0.2) is 0 Å². The molecule has 2 aromatic carbocycles. The summed E-state index contributed by atoms with van der Waals surface area (Å²) in [6, 6.07) is 17.2. The van der Waals surface area contributed by atoms with Crippen LogP contribution in [0.1, 0.15) is 65.9 Å². The molecule has 0 spiro atoms. The van der Waals surface area contributed by atoms with Gasteiger partial charge >= 0.3 is 0 Å². The van der Waals surface area contributed by atoms with E-state index in [2.05, 4.69) is 54.9 Å². The van der Waals surface area contributed by atoms with Gasteiger partial charge in [0.05, 0.1) is 0 Å². The molecule has 6 rings (SSSR count). The zero-order chi connectivity index (χ0) is 30.1. The van der Waals surface area contributed by atoms with Crippen molar-refractivity contribution in [2.45, 2.75) is 94.9 Å². The van der Waals surface area contributed by atoms with Gasteiger partial charge in [0.2, 0.25) is 5.91 Å². The number of hydrogen-bond acceptors (Lipinski definition) is 6. The maximum atomic E-state index is 13.4. The van der Waals surface area contributed by atoms with Crippen LogP contribution in [0, 0.1) is 0 Å². The van der Waals surface area contributed by atoms with E-state index >= 15 is 0 Å². The van der Waals surface area contributed by atoms with Crippen LogP contribution >= 0.6 is 0 Å². The van der Waals surface area contributed by atoms with E-state index in [1.807, 2.05) is 18.2 Å². The van der Waals surface area contributed by atoms with Crippen molar-refractivity contribution >= 4 is 25.8 Å². The minimum atomic E-state index is -1.28. The minimum Gasteiger partial charge on any atom is -0.489 e. The molecule has 2 saturated heterocycles. The van der Waals surface area contributed by atoms with Crippen molar-refractivity contribution in [2.75, 3.05) is 26.4 Å². The van der Waals surface area contributed by atoms with Crippen LogP contribution in [0.2, 0.25) is 25.7 Å². The maximum Gasteiger partial charge on any atom is 0.255 e. The van der Waals surface area contributed by atoms with Crippen molar-refractivity contribution in [3.05, 3.63) is 65.2 Å². The van der Waals surface area contributed by atoms with E-state index in [-0.39, 0.29) is 37.0 Å². The number of likely N-dealkylation sites (tertiary alicyclic amines) is 2. The highest BCUT2D eigenvalue weighted by molar-refractivity contribution is 6.76. The Morgan fingerprint density at radius 1 is 0.930 bits per heavy atom. The summed E-state index contributed by atoms with van der Waals surface area (Å²) in [5.74, 6) is 0.653. The number of hydrogen-bond donors (Lipinski definition) is 0. The number of ether oxygens (including phenoxy) is 2. The third-order valence-electron chi connectivity index (χ3n) is 9.59. The summed E-state index contributed by atoms with van der Waals surface area (Å²) < 4.78 is 12.4.